The quantitative estimate of drug-likeness (QED) is 0.163. The van der Waals surface area contributed by atoms with E-state index in [2.05, 4.69) is 6.92 Å². The van der Waals surface area contributed by atoms with Crippen LogP contribution in [0.4, 0.5) is 0 Å². The Labute approximate surface area is 206 Å². The normalized spacial score (nSPS) is 11.6. The van der Waals surface area contributed by atoms with Gasteiger partial charge in [-0.3, -0.25) is 0 Å². The predicted molar refractivity (Wildman–Crippen MR) is 132 cm³/mol. The molecular formula is C25H32O9S. The first-order valence-corrected chi connectivity index (χ1v) is 13.0. The monoisotopic (exact) mass is 508 g/mol. The third-order valence-electron chi connectivity index (χ3n) is 4.65. The minimum atomic E-state index is -3.67. The van der Waals surface area contributed by atoms with E-state index in [1.165, 1.54) is 19.3 Å². The van der Waals surface area contributed by atoms with Crippen molar-refractivity contribution in [1.29, 1.82) is 0 Å². The maximum Gasteiger partial charge on any atom is 0.371 e. The predicted octanol–water partition coefficient (Wildman–Crippen LogP) is 4.30. The van der Waals surface area contributed by atoms with Crippen molar-refractivity contribution in [3.8, 4) is 23.0 Å². The van der Waals surface area contributed by atoms with E-state index in [1.54, 1.807) is 37.3 Å². The molecule has 35 heavy (non-hydrogen) atoms. The lowest BCUT2D eigenvalue weighted by molar-refractivity contribution is -0.136. The molecule has 0 amide bonds. The molecule has 0 radical (unpaired) electrons. The third kappa shape index (κ3) is 9.40. The SMILES string of the molecule is CCCCOc1cc(/C=C(\OCC)C(=O)O)ccc1OCCc1ccc(OS(C)(=O)=O)c(OC)c1. The van der Waals surface area contributed by atoms with Gasteiger partial charge in [0.1, 0.15) is 0 Å². The maximum absolute atomic E-state index is 11.4. The smallest absolute Gasteiger partial charge is 0.371 e. The average Bonchev–Trinajstić information content (AvgIpc) is 2.80. The molecule has 0 atom stereocenters. The highest BCUT2D eigenvalue weighted by Gasteiger charge is 2.13. The van der Waals surface area contributed by atoms with Crippen molar-refractivity contribution in [2.45, 2.75) is 33.1 Å². The highest BCUT2D eigenvalue weighted by Crippen LogP contribution is 2.31. The second-order valence-corrected chi connectivity index (χ2v) is 9.10. The number of methoxy groups -OCH3 is 1. The van der Waals surface area contributed by atoms with Crippen LogP contribution in [0.3, 0.4) is 0 Å². The van der Waals surface area contributed by atoms with E-state index in [4.69, 9.17) is 23.1 Å². The minimum Gasteiger partial charge on any atom is -0.493 e. The Morgan fingerprint density at radius 1 is 0.971 bits per heavy atom. The van der Waals surface area contributed by atoms with Gasteiger partial charge >= 0.3 is 16.1 Å². The molecular weight excluding hydrogens is 476 g/mol. The molecule has 2 aromatic carbocycles. The summed E-state index contributed by atoms with van der Waals surface area (Å²) in [6.07, 6.45) is 4.74. The van der Waals surface area contributed by atoms with Crippen molar-refractivity contribution < 1.29 is 41.4 Å². The van der Waals surface area contributed by atoms with Crippen LogP contribution in [0.25, 0.3) is 6.08 Å². The van der Waals surface area contributed by atoms with Crippen molar-refractivity contribution in [2.75, 3.05) is 33.2 Å². The van der Waals surface area contributed by atoms with E-state index >= 15 is 0 Å². The first kappa shape index (κ1) is 27.8. The molecule has 192 valence electrons. The zero-order chi connectivity index (χ0) is 25.8. The number of carboxylic acid groups (broad SMARTS) is 1. The molecule has 0 heterocycles. The Morgan fingerprint density at radius 2 is 1.69 bits per heavy atom. The fourth-order valence-corrected chi connectivity index (χ4v) is 3.49. The summed E-state index contributed by atoms with van der Waals surface area (Å²) in [5.41, 5.74) is 1.47. The van der Waals surface area contributed by atoms with Crippen molar-refractivity contribution in [2.24, 2.45) is 0 Å². The lowest BCUT2D eigenvalue weighted by Crippen LogP contribution is -2.08. The van der Waals surface area contributed by atoms with Crippen LogP contribution in [0.1, 0.15) is 37.8 Å². The zero-order valence-corrected chi connectivity index (χ0v) is 21.2. The number of hydrogen-bond donors (Lipinski definition) is 1. The fourth-order valence-electron chi connectivity index (χ4n) is 3.02. The van der Waals surface area contributed by atoms with Gasteiger partial charge in [0.2, 0.25) is 5.76 Å². The Balaban J connectivity index is 2.16. The summed E-state index contributed by atoms with van der Waals surface area (Å²) in [4.78, 5) is 11.4. The van der Waals surface area contributed by atoms with Gasteiger partial charge in [0.25, 0.3) is 0 Å². The van der Waals surface area contributed by atoms with Gasteiger partial charge < -0.3 is 28.2 Å². The number of unbranched alkanes of at least 4 members (excludes halogenated alkanes) is 1. The minimum absolute atomic E-state index is 0.114. The molecule has 1 N–H and O–H groups in total. The zero-order valence-electron chi connectivity index (χ0n) is 20.4. The third-order valence-corrected chi connectivity index (χ3v) is 5.13. The van der Waals surface area contributed by atoms with Crippen LogP contribution in [0.15, 0.2) is 42.2 Å². The summed E-state index contributed by atoms with van der Waals surface area (Å²) >= 11 is 0. The number of rotatable bonds is 15. The van der Waals surface area contributed by atoms with Crippen molar-refractivity contribution in [3.05, 3.63) is 53.3 Å². The second-order valence-electron chi connectivity index (χ2n) is 7.53. The fraction of sp³-hybridized carbons (Fsp3) is 0.400. The van der Waals surface area contributed by atoms with Gasteiger partial charge in [-0.25, -0.2) is 4.79 Å². The van der Waals surface area contributed by atoms with Gasteiger partial charge in [0, 0.05) is 6.42 Å². The number of ether oxygens (including phenoxy) is 4. The summed E-state index contributed by atoms with van der Waals surface area (Å²) in [6.45, 7) is 4.83. The van der Waals surface area contributed by atoms with Gasteiger partial charge in [0.15, 0.2) is 23.0 Å². The van der Waals surface area contributed by atoms with E-state index in [-0.39, 0.29) is 18.1 Å². The Kier molecular flexibility index (Phi) is 10.7. The van der Waals surface area contributed by atoms with Crippen LogP contribution in [-0.4, -0.2) is 52.7 Å². The molecule has 0 bridgehead atoms. The van der Waals surface area contributed by atoms with Gasteiger partial charge in [-0.1, -0.05) is 25.5 Å². The summed E-state index contributed by atoms with van der Waals surface area (Å²) in [6, 6.07) is 10.1. The molecule has 0 fully saturated rings. The number of carboxylic acids is 1. The highest BCUT2D eigenvalue weighted by molar-refractivity contribution is 7.86. The topological polar surface area (TPSA) is 118 Å². The molecule has 9 nitrogen and oxygen atoms in total. The van der Waals surface area contributed by atoms with Crippen molar-refractivity contribution in [1.82, 2.24) is 0 Å². The van der Waals surface area contributed by atoms with Gasteiger partial charge in [-0.15, -0.1) is 0 Å². The molecule has 2 rings (SSSR count). The molecule has 0 saturated heterocycles. The second kappa shape index (κ2) is 13.5. The average molecular weight is 509 g/mol. The van der Waals surface area contributed by atoms with E-state index in [0.717, 1.165) is 24.7 Å². The summed E-state index contributed by atoms with van der Waals surface area (Å²) in [5.74, 6) is 0.138. The lowest BCUT2D eigenvalue weighted by Gasteiger charge is -2.14. The van der Waals surface area contributed by atoms with E-state index in [0.29, 0.717) is 42.4 Å². The van der Waals surface area contributed by atoms with E-state index in [9.17, 15) is 18.3 Å². The lowest BCUT2D eigenvalue weighted by atomic mass is 10.1. The molecule has 0 saturated carbocycles. The van der Waals surface area contributed by atoms with Crippen molar-refractivity contribution in [3.63, 3.8) is 0 Å². The van der Waals surface area contributed by atoms with Gasteiger partial charge in [-0.2, -0.15) is 8.42 Å². The largest absolute Gasteiger partial charge is 0.493 e. The number of hydrogen-bond acceptors (Lipinski definition) is 8. The molecule has 2 aromatic rings. The Bertz CT molecular complexity index is 1120. The molecule has 0 aromatic heterocycles. The van der Waals surface area contributed by atoms with Crippen LogP contribution in [-0.2, 0) is 26.1 Å². The van der Waals surface area contributed by atoms with Crippen LogP contribution >= 0.6 is 0 Å². The first-order valence-electron chi connectivity index (χ1n) is 11.2. The molecule has 10 heteroatoms. The standard InChI is InChI=1S/C25H32O9S/c1-5-7-13-32-23-16-19(17-24(25(26)27)31-6-2)9-10-20(23)33-14-12-18-8-11-21(22(15-18)30-3)34-35(4,28)29/h8-11,15-17H,5-7,12-14H2,1-4H3,(H,26,27)/b24-17-. The summed E-state index contributed by atoms with van der Waals surface area (Å²) in [5, 5.41) is 9.30. The number of benzene rings is 2. The summed E-state index contributed by atoms with van der Waals surface area (Å²) < 4.78 is 50.0. The maximum atomic E-state index is 11.4. The molecule has 0 aliphatic heterocycles. The van der Waals surface area contributed by atoms with Crippen molar-refractivity contribution >= 4 is 22.2 Å². The van der Waals surface area contributed by atoms with Crippen LogP contribution in [0.5, 0.6) is 23.0 Å². The van der Waals surface area contributed by atoms with Crippen LogP contribution in [0.2, 0.25) is 0 Å². The van der Waals surface area contributed by atoms with Crippen LogP contribution in [0, 0.1) is 0 Å². The van der Waals surface area contributed by atoms with Gasteiger partial charge in [0.05, 0.1) is 33.2 Å². The Morgan fingerprint density at radius 3 is 2.31 bits per heavy atom. The molecule has 0 aliphatic rings. The Hall–Kier alpha value is -3.40. The van der Waals surface area contributed by atoms with E-state index in [1.807, 2.05) is 0 Å². The number of aliphatic carboxylic acids is 1. The van der Waals surface area contributed by atoms with Gasteiger partial charge in [-0.05, 0) is 54.8 Å². The molecule has 0 aliphatic carbocycles. The highest BCUT2D eigenvalue weighted by atomic mass is 32.2. The summed E-state index contributed by atoms with van der Waals surface area (Å²) in [7, 11) is -2.24. The molecule has 0 unspecified atom stereocenters. The molecule has 0 spiro atoms. The number of carbonyl (C=O) groups is 1. The van der Waals surface area contributed by atoms with E-state index < -0.39 is 16.1 Å². The van der Waals surface area contributed by atoms with Crippen LogP contribution < -0.4 is 18.4 Å². The first-order chi connectivity index (χ1) is 16.7.